The van der Waals surface area contributed by atoms with E-state index in [-0.39, 0.29) is 17.2 Å². The number of para-hydroxylation sites is 1. The van der Waals surface area contributed by atoms with Crippen LogP contribution in [0, 0.1) is 0 Å². The summed E-state index contributed by atoms with van der Waals surface area (Å²) in [5.41, 5.74) is 7.73. The van der Waals surface area contributed by atoms with Gasteiger partial charge in [-0.3, -0.25) is 19.2 Å². The van der Waals surface area contributed by atoms with Crippen molar-refractivity contribution < 1.29 is 19.2 Å². The van der Waals surface area contributed by atoms with Crippen LogP contribution in [-0.2, 0) is 9.59 Å². The molecule has 0 heterocycles. The number of hydrogen-bond acceptors (Lipinski definition) is 5. The van der Waals surface area contributed by atoms with Gasteiger partial charge in [0.1, 0.15) is 5.70 Å². The van der Waals surface area contributed by atoms with Crippen LogP contribution >= 0.6 is 11.8 Å². The number of hydrogen-bond donors (Lipinski definition) is 4. The number of rotatable bonds is 10. The third-order valence-corrected chi connectivity index (χ3v) is 7.97. The average Bonchev–Trinajstić information content (AvgIpc) is 3.05. The second kappa shape index (κ2) is 14.2. The fraction of sp³-hybridized carbons (Fsp3) is 0.0556. The number of carbonyl (C=O) groups is 4. The first-order chi connectivity index (χ1) is 21.8. The minimum atomic E-state index is -0.636. The molecule has 8 nitrogen and oxygen atoms in total. The number of fused-ring (bicyclic) bond motifs is 1. The van der Waals surface area contributed by atoms with Gasteiger partial charge in [-0.25, -0.2) is 0 Å². The van der Waals surface area contributed by atoms with E-state index in [4.69, 9.17) is 5.73 Å². The summed E-state index contributed by atoms with van der Waals surface area (Å²) in [6.45, 7) is 1.74. The molecule has 5 aromatic rings. The molecule has 0 aromatic heterocycles. The lowest BCUT2D eigenvalue weighted by molar-refractivity contribution is -0.115. The standard InChI is InChI=1S/C36H30N4O4S/c1-23(34(42)39-31-20-8-7-19-30(31)33(37)41)45-28-17-10-16-27(22-28)38-36(44)32(40-35(43)25-12-3-2-4-13-25)21-26-15-9-14-24-11-5-6-18-29(24)26/h2-23H,1H3,(H2,37,41)(H,38,44)(H,39,42)(H,40,43)/b32-21+. The number of benzene rings is 5. The normalized spacial score (nSPS) is 11.8. The van der Waals surface area contributed by atoms with E-state index in [9.17, 15) is 19.2 Å². The Balaban J connectivity index is 1.35. The largest absolute Gasteiger partial charge is 0.366 e. The number of primary amides is 1. The van der Waals surface area contributed by atoms with E-state index in [0.29, 0.717) is 16.9 Å². The Morgan fingerprint density at radius 1 is 0.756 bits per heavy atom. The van der Waals surface area contributed by atoms with Crippen molar-refractivity contribution in [3.63, 3.8) is 0 Å². The zero-order chi connectivity index (χ0) is 31.8. The lowest BCUT2D eigenvalue weighted by Crippen LogP contribution is -2.30. The molecule has 0 aliphatic carbocycles. The monoisotopic (exact) mass is 614 g/mol. The molecule has 0 radical (unpaired) electrons. The predicted octanol–water partition coefficient (Wildman–Crippen LogP) is 6.47. The van der Waals surface area contributed by atoms with Crippen LogP contribution in [0.2, 0.25) is 0 Å². The molecule has 5 aromatic carbocycles. The predicted molar refractivity (Wildman–Crippen MR) is 180 cm³/mol. The van der Waals surface area contributed by atoms with Crippen LogP contribution in [0.3, 0.4) is 0 Å². The maximum Gasteiger partial charge on any atom is 0.272 e. The van der Waals surface area contributed by atoms with Gasteiger partial charge in [-0.15, -0.1) is 11.8 Å². The molecule has 45 heavy (non-hydrogen) atoms. The molecule has 4 amide bonds. The van der Waals surface area contributed by atoms with Gasteiger partial charge < -0.3 is 21.7 Å². The summed E-state index contributed by atoms with van der Waals surface area (Å²) in [5, 5.41) is 9.83. The summed E-state index contributed by atoms with van der Waals surface area (Å²) < 4.78 is 0. The second-order valence-corrected chi connectivity index (χ2v) is 11.5. The third-order valence-electron chi connectivity index (χ3n) is 6.88. The molecule has 0 saturated carbocycles. The fourth-order valence-corrected chi connectivity index (χ4v) is 5.55. The first-order valence-electron chi connectivity index (χ1n) is 14.1. The third kappa shape index (κ3) is 7.84. The highest BCUT2D eigenvalue weighted by atomic mass is 32.2. The number of thioether (sulfide) groups is 1. The maximum atomic E-state index is 13.6. The number of anilines is 2. The molecule has 0 saturated heterocycles. The van der Waals surface area contributed by atoms with Crippen LogP contribution in [0.4, 0.5) is 11.4 Å². The first kappa shape index (κ1) is 30.8. The number of nitrogens with one attached hydrogen (secondary N) is 3. The summed E-state index contributed by atoms with van der Waals surface area (Å²) in [4.78, 5) is 52.1. The van der Waals surface area contributed by atoms with Crippen molar-refractivity contribution >= 4 is 63.6 Å². The topological polar surface area (TPSA) is 130 Å². The van der Waals surface area contributed by atoms with Gasteiger partial charge in [0.2, 0.25) is 5.91 Å². The van der Waals surface area contributed by atoms with Crippen LogP contribution in [0.1, 0.15) is 33.2 Å². The Labute approximate surface area is 264 Å². The summed E-state index contributed by atoms with van der Waals surface area (Å²) in [5.74, 6) is -1.88. The molecule has 1 atom stereocenters. The van der Waals surface area contributed by atoms with Crippen LogP contribution in [-0.4, -0.2) is 28.9 Å². The van der Waals surface area contributed by atoms with Crippen LogP contribution < -0.4 is 21.7 Å². The highest BCUT2D eigenvalue weighted by molar-refractivity contribution is 8.00. The van der Waals surface area contributed by atoms with Gasteiger partial charge >= 0.3 is 0 Å². The molecule has 0 aliphatic heterocycles. The highest BCUT2D eigenvalue weighted by Gasteiger charge is 2.19. The van der Waals surface area contributed by atoms with Crippen LogP contribution in [0.5, 0.6) is 0 Å². The van der Waals surface area contributed by atoms with Crippen molar-refractivity contribution in [1.82, 2.24) is 5.32 Å². The van der Waals surface area contributed by atoms with E-state index < -0.39 is 23.0 Å². The molecule has 5 rings (SSSR count). The molecule has 0 fully saturated rings. The smallest absolute Gasteiger partial charge is 0.272 e. The molecule has 0 bridgehead atoms. The van der Waals surface area contributed by atoms with Gasteiger partial charge in [0, 0.05) is 16.1 Å². The van der Waals surface area contributed by atoms with Crippen molar-refractivity contribution in [2.45, 2.75) is 17.1 Å². The van der Waals surface area contributed by atoms with Gasteiger partial charge in [-0.1, -0.05) is 78.9 Å². The van der Waals surface area contributed by atoms with Crippen molar-refractivity contribution in [1.29, 1.82) is 0 Å². The zero-order valence-electron chi connectivity index (χ0n) is 24.3. The van der Waals surface area contributed by atoms with Crippen molar-refractivity contribution in [3.8, 4) is 0 Å². The van der Waals surface area contributed by atoms with E-state index in [2.05, 4.69) is 16.0 Å². The summed E-state index contributed by atoms with van der Waals surface area (Å²) >= 11 is 1.28. The molecule has 1 unspecified atom stereocenters. The number of amides is 4. The summed E-state index contributed by atoms with van der Waals surface area (Å²) in [6, 6.07) is 35.8. The van der Waals surface area contributed by atoms with Crippen LogP contribution in [0.15, 0.2) is 132 Å². The Hall–Kier alpha value is -5.67. The Morgan fingerprint density at radius 2 is 1.44 bits per heavy atom. The number of nitrogens with two attached hydrogens (primary N) is 1. The molecule has 5 N–H and O–H groups in total. The van der Waals surface area contributed by atoms with Crippen molar-refractivity contribution in [2.24, 2.45) is 5.73 Å². The summed E-state index contributed by atoms with van der Waals surface area (Å²) in [6.07, 6.45) is 1.66. The molecule has 224 valence electrons. The molecular formula is C36H30N4O4S. The quantitative estimate of drug-likeness (QED) is 0.106. The minimum Gasteiger partial charge on any atom is -0.366 e. The van der Waals surface area contributed by atoms with Gasteiger partial charge in [0.05, 0.1) is 16.5 Å². The van der Waals surface area contributed by atoms with E-state index in [0.717, 1.165) is 21.2 Å². The van der Waals surface area contributed by atoms with Crippen molar-refractivity contribution in [2.75, 3.05) is 10.6 Å². The Morgan fingerprint density at radius 3 is 2.24 bits per heavy atom. The average molecular weight is 615 g/mol. The van der Waals surface area contributed by atoms with Gasteiger partial charge in [-0.05, 0) is 71.8 Å². The van der Waals surface area contributed by atoms with Gasteiger partial charge in [0.25, 0.3) is 17.7 Å². The minimum absolute atomic E-state index is 0.0686. The van der Waals surface area contributed by atoms with Crippen molar-refractivity contribution in [3.05, 3.63) is 144 Å². The molecule has 0 spiro atoms. The van der Waals surface area contributed by atoms with Gasteiger partial charge in [-0.2, -0.15) is 0 Å². The highest BCUT2D eigenvalue weighted by Crippen LogP contribution is 2.28. The molecule has 9 heteroatoms. The first-order valence-corrected chi connectivity index (χ1v) is 15.0. The molecule has 0 aliphatic rings. The number of carbonyl (C=O) groups excluding carboxylic acids is 4. The van der Waals surface area contributed by atoms with Crippen LogP contribution in [0.25, 0.3) is 16.8 Å². The van der Waals surface area contributed by atoms with E-state index >= 15 is 0 Å². The summed E-state index contributed by atoms with van der Waals surface area (Å²) in [7, 11) is 0. The Bertz CT molecular complexity index is 1920. The second-order valence-electron chi connectivity index (χ2n) is 10.1. The maximum absolute atomic E-state index is 13.6. The van der Waals surface area contributed by atoms with E-state index in [1.165, 1.54) is 11.8 Å². The van der Waals surface area contributed by atoms with E-state index in [1.807, 2.05) is 54.6 Å². The van der Waals surface area contributed by atoms with E-state index in [1.54, 1.807) is 79.7 Å². The molecular weight excluding hydrogens is 584 g/mol. The van der Waals surface area contributed by atoms with Gasteiger partial charge in [0.15, 0.2) is 0 Å². The SMILES string of the molecule is CC(Sc1cccc(NC(=O)/C(=C\c2cccc3ccccc23)NC(=O)c2ccccc2)c1)C(=O)Nc1ccccc1C(N)=O. The lowest BCUT2D eigenvalue weighted by Gasteiger charge is -2.15. The zero-order valence-corrected chi connectivity index (χ0v) is 25.1. The lowest BCUT2D eigenvalue weighted by atomic mass is 10.0. The fourth-order valence-electron chi connectivity index (χ4n) is 4.62. The Kier molecular flexibility index (Phi) is 9.71.